The maximum Gasteiger partial charge on any atom is 0.267 e. The van der Waals surface area contributed by atoms with Crippen molar-refractivity contribution in [3.8, 4) is 0 Å². The van der Waals surface area contributed by atoms with Gasteiger partial charge in [-0.3, -0.25) is 9.48 Å². The highest BCUT2D eigenvalue weighted by Gasteiger charge is 2.49. The molecule has 8 nitrogen and oxygen atoms in total. The van der Waals surface area contributed by atoms with E-state index in [4.69, 9.17) is 9.26 Å². The number of carbonyl (C=O) groups excluding carboxylic acids is 1. The van der Waals surface area contributed by atoms with E-state index in [1.165, 1.54) is 11.8 Å². The van der Waals surface area contributed by atoms with E-state index in [0.717, 1.165) is 10.5 Å². The van der Waals surface area contributed by atoms with Gasteiger partial charge in [-0.05, 0) is 12.5 Å². The van der Waals surface area contributed by atoms with Gasteiger partial charge in [0.15, 0.2) is 5.82 Å². The van der Waals surface area contributed by atoms with Gasteiger partial charge in [0.2, 0.25) is 11.8 Å². The maximum absolute atomic E-state index is 13.9. The number of amides is 1. The average molecular weight is 355 g/mol. The van der Waals surface area contributed by atoms with E-state index < -0.39 is 30.8 Å². The van der Waals surface area contributed by atoms with Crippen LogP contribution in [0.3, 0.4) is 0 Å². The number of nitrogens with zero attached hydrogens (tertiary/aromatic N) is 5. The molecule has 3 rings (SSSR count). The van der Waals surface area contributed by atoms with Gasteiger partial charge in [0.25, 0.3) is 5.92 Å². The van der Waals surface area contributed by atoms with Gasteiger partial charge >= 0.3 is 0 Å². The molecule has 1 fully saturated rings. The van der Waals surface area contributed by atoms with E-state index in [9.17, 15) is 13.6 Å². The lowest BCUT2D eigenvalue weighted by Gasteiger charge is -2.21. The Morgan fingerprint density at radius 1 is 1.52 bits per heavy atom. The lowest BCUT2D eigenvalue weighted by molar-refractivity contribution is -0.134. The molecule has 0 unspecified atom stereocenters. The number of methoxy groups -OCH3 is 1. The van der Waals surface area contributed by atoms with Gasteiger partial charge in [-0.15, -0.1) is 0 Å². The van der Waals surface area contributed by atoms with Crippen molar-refractivity contribution in [3.05, 3.63) is 29.7 Å². The Bertz CT molecular complexity index is 745. The van der Waals surface area contributed by atoms with Gasteiger partial charge in [-0.1, -0.05) is 5.16 Å². The van der Waals surface area contributed by atoms with Crippen LogP contribution in [0.25, 0.3) is 0 Å². The molecule has 25 heavy (non-hydrogen) atoms. The van der Waals surface area contributed by atoms with Crippen molar-refractivity contribution in [2.75, 3.05) is 20.3 Å². The highest BCUT2D eigenvalue weighted by atomic mass is 19.3. The maximum atomic E-state index is 13.9. The summed E-state index contributed by atoms with van der Waals surface area (Å²) in [7, 11) is 1.54. The second kappa shape index (κ2) is 6.87. The molecule has 1 aliphatic rings. The second-order valence-electron chi connectivity index (χ2n) is 6.10. The number of ether oxygens (including phenoxy) is 1. The summed E-state index contributed by atoms with van der Waals surface area (Å²) in [6.07, 6.45) is 3.15. The van der Waals surface area contributed by atoms with E-state index >= 15 is 0 Å². The molecule has 3 heterocycles. The monoisotopic (exact) mass is 355 g/mol. The van der Waals surface area contributed by atoms with Crippen LogP contribution in [-0.4, -0.2) is 56.9 Å². The van der Waals surface area contributed by atoms with Crippen LogP contribution < -0.4 is 0 Å². The molecule has 0 aliphatic carbocycles. The van der Waals surface area contributed by atoms with Gasteiger partial charge < -0.3 is 14.2 Å². The third-order valence-corrected chi connectivity index (χ3v) is 3.95. The van der Waals surface area contributed by atoms with Crippen LogP contribution in [0.5, 0.6) is 0 Å². The standard InChI is InChI=1S/C15H19F2N5O3/c1-10-6-18-21(7-10)8-13(23)22-9-15(16,17)5-11(22)14-19-12(20-25-14)3-4-24-2/h6-7,11H,3-5,8-9H2,1-2H3/t11-/m0/s1. The van der Waals surface area contributed by atoms with Crippen molar-refractivity contribution in [2.45, 2.75) is 38.3 Å². The Morgan fingerprint density at radius 2 is 2.32 bits per heavy atom. The van der Waals surface area contributed by atoms with Gasteiger partial charge in [0, 0.05) is 26.1 Å². The molecule has 0 N–H and O–H groups in total. The van der Waals surface area contributed by atoms with Crippen molar-refractivity contribution < 1.29 is 22.8 Å². The van der Waals surface area contributed by atoms with Crippen LogP contribution in [0.1, 0.15) is 29.7 Å². The summed E-state index contributed by atoms with van der Waals surface area (Å²) < 4.78 is 39.3. The minimum atomic E-state index is -3.00. The third-order valence-electron chi connectivity index (χ3n) is 3.95. The quantitative estimate of drug-likeness (QED) is 0.778. The molecule has 1 atom stereocenters. The van der Waals surface area contributed by atoms with Crippen LogP contribution in [0, 0.1) is 6.92 Å². The average Bonchev–Trinajstić information content (AvgIpc) is 3.24. The number of carbonyl (C=O) groups is 1. The lowest BCUT2D eigenvalue weighted by Crippen LogP contribution is -2.35. The number of halogens is 2. The van der Waals surface area contributed by atoms with E-state index in [2.05, 4.69) is 15.2 Å². The van der Waals surface area contributed by atoms with Crippen molar-refractivity contribution >= 4 is 5.91 Å². The van der Waals surface area contributed by atoms with Crippen molar-refractivity contribution in [1.29, 1.82) is 0 Å². The van der Waals surface area contributed by atoms with E-state index in [1.54, 1.807) is 12.4 Å². The van der Waals surface area contributed by atoms with Crippen molar-refractivity contribution in [1.82, 2.24) is 24.8 Å². The number of aromatic nitrogens is 4. The summed E-state index contributed by atoms with van der Waals surface area (Å²) in [5, 5.41) is 7.78. The molecule has 10 heteroatoms. The molecule has 1 saturated heterocycles. The summed E-state index contributed by atoms with van der Waals surface area (Å²) in [6.45, 7) is 1.43. The summed E-state index contributed by atoms with van der Waals surface area (Å²) in [6, 6.07) is -0.942. The first-order valence-electron chi connectivity index (χ1n) is 7.86. The molecule has 0 bridgehead atoms. The van der Waals surface area contributed by atoms with Crippen LogP contribution in [-0.2, 0) is 22.5 Å². The Balaban J connectivity index is 1.76. The molecule has 0 saturated carbocycles. The number of hydrogen-bond acceptors (Lipinski definition) is 6. The molecule has 1 amide bonds. The Hall–Kier alpha value is -2.36. The van der Waals surface area contributed by atoms with Crippen molar-refractivity contribution in [2.24, 2.45) is 0 Å². The fraction of sp³-hybridized carbons (Fsp3) is 0.600. The molecule has 0 aromatic carbocycles. The fourth-order valence-electron chi connectivity index (χ4n) is 2.78. The van der Waals surface area contributed by atoms with Crippen LogP contribution in [0.2, 0.25) is 0 Å². The zero-order chi connectivity index (χ0) is 18.0. The molecular formula is C15H19F2N5O3. The number of hydrogen-bond donors (Lipinski definition) is 0. The number of alkyl halides is 2. The molecule has 1 aliphatic heterocycles. The van der Waals surface area contributed by atoms with Crippen LogP contribution in [0.4, 0.5) is 8.78 Å². The largest absolute Gasteiger partial charge is 0.384 e. The summed E-state index contributed by atoms with van der Waals surface area (Å²) in [5.74, 6) is -3.08. The Kier molecular flexibility index (Phi) is 4.80. The molecular weight excluding hydrogens is 336 g/mol. The highest BCUT2D eigenvalue weighted by molar-refractivity contribution is 5.76. The lowest BCUT2D eigenvalue weighted by atomic mass is 10.2. The minimum absolute atomic E-state index is 0.0215. The molecule has 0 spiro atoms. The van der Waals surface area contributed by atoms with Gasteiger partial charge in [0.1, 0.15) is 12.6 Å². The number of likely N-dealkylation sites (tertiary alicyclic amines) is 1. The Morgan fingerprint density at radius 3 is 3.00 bits per heavy atom. The molecule has 0 radical (unpaired) electrons. The summed E-state index contributed by atoms with van der Waals surface area (Å²) in [5.41, 5.74) is 0.885. The first-order valence-corrected chi connectivity index (χ1v) is 7.86. The van der Waals surface area contributed by atoms with E-state index in [1.807, 2.05) is 6.92 Å². The first kappa shape index (κ1) is 17.5. The van der Waals surface area contributed by atoms with E-state index in [-0.39, 0.29) is 12.4 Å². The third kappa shape index (κ3) is 4.01. The zero-order valence-corrected chi connectivity index (χ0v) is 14.0. The normalized spacial score (nSPS) is 19.5. The number of aryl methyl sites for hydroxylation is 1. The Labute approximate surface area is 142 Å². The van der Waals surface area contributed by atoms with Gasteiger partial charge in [0.05, 0.1) is 19.3 Å². The van der Waals surface area contributed by atoms with Gasteiger partial charge in [-0.25, -0.2) is 8.78 Å². The second-order valence-corrected chi connectivity index (χ2v) is 6.10. The van der Waals surface area contributed by atoms with E-state index in [0.29, 0.717) is 18.9 Å². The first-order chi connectivity index (χ1) is 11.9. The molecule has 136 valence electrons. The SMILES string of the molecule is COCCc1noc([C@@H]2CC(F)(F)CN2C(=O)Cn2cc(C)cn2)n1. The number of rotatable bonds is 6. The molecule has 2 aromatic rings. The zero-order valence-electron chi connectivity index (χ0n) is 14.0. The van der Waals surface area contributed by atoms with Crippen LogP contribution >= 0.6 is 0 Å². The smallest absolute Gasteiger partial charge is 0.267 e. The minimum Gasteiger partial charge on any atom is -0.384 e. The predicted molar refractivity (Wildman–Crippen MR) is 80.9 cm³/mol. The fourth-order valence-corrected chi connectivity index (χ4v) is 2.78. The summed E-state index contributed by atoms with van der Waals surface area (Å²) in [4.78, 5) is 17.7. The summed E-state index contributed by atoms with van der Waals surface area (Å²) >= 11 is 0. The molecule has 2 aromatic heterocycles. The predicted octanol–water partition coefficient (Wildman–Crippen LogP) is 1.37. The van der Waals surface area contributed by atoms with Crippen molar-refractivity contribution in [3.63, 3.8) is 0 Å². The van der Waals surface area contributed by atoms with Crippen LogP contribution in [0.15, 0.2) is 16.9 Å². The highest BCUT2D eigenvalue weighted by Crippen LogP contribution is 2.40. The van der Waals surface area contributed by atoms with Gasteiger partial charge in [-0.2, -0.15) is 10.1 Å². The topological polar surface area (TPSA) is 86.3 Å².